The summed E-state index contributed by atoms with van der Waals surface area (Å²) in [4.78, 5) is 8.08. The summed E-state index contributed by atoms with van der Waals surface area (Å²) in [6.07, 6.45) is 2.50. The Bertz CT molecular complexity index is 466. The van der Waals surface area contributed by atoms with Crippen LogP contribution in [0.3, 0.4) is 0 Å². The highest BCUT2D eigenvalue weighted by atomic mass is 16.5. The molecule has 0 bridgehead atoms. The Morgan fingerprint density at radius 1 is 1.17 bits per heavy atom. The summed E-state index contributed by atoms with van der Waals surface area (Å²) < 4.78 is 5.63. The van der Waals surface area contributed by atoms with Crippen molar-refractivity contribution in [3.63, 3.8) is 0 Å². The molecule has 0 aliphatic rings. The fourth-order valence-electron chi connectivity index (χ4n) is 1.66. The Balaban J connectivity index is 2.01. The molecule has 0 atom stereocenters. The topological polar surface area (TPSA) is 61.0 Å². The molecule has 0 unspecified atom stereocenters. The van der Waals surface area contributed by atoms with E-state index in [9.17, 15) is 0 Å². The smallest absolute Gasteiger partial charge is 0.216 e. The lowest BCUT2D eigenvalue weighted by atomic mass is 10.1. The van der Waals surface area contributed by atoms with Gasteiger partial charge in [-0.25, -0.2) is 9.97 Å². The highest BCUT2D eigenvalue weighted by Gasteiger charge is 2.00. The van der Waals surface area contributed by atoms with Crippen molar-refractivity contribution in [1.82, 2.24) is 9.97 Å². The third kappa shape index (κ3) is 3.28. The Morgan fingerprint density at radius 3 is 2.78 bits per heavy atom. The third-order valence-electron chi connectivity index (χ3n) is 2.69. The van der Waals surface area contributed by atoms with Crippen molar-refractivity contribution in [1.29, 1.82) is 0 Å². The zero-order valence-electron chi connectivity index (χ0n) is 10.5. The predicted octanol–water partition coefficient (Wildman–Crippen LogP) is 2.08. The maximum atomic E-state index is 5.63. The van der Waals surface area contributed by atoms with Crippen molar-refractivity contribution >= 4 is 0 Å². The maximum Gasteiger partial charge on any atom is 0.216 e. The number of nitrogens with two attached hydrogens (primary N) is 1. The second-order valence-corrected chi connectivity index (χ2v) is 4.01. The van der Waals surface area contributed by atoms with Gasteiger partial charge >= 0.3 is 0 Å². The molecule has 2 rings (SSSR count). The van der Waals surface area contributed by atoms with E-state index in [0.29, 0.717) is 19.0 Å². The number of nitrogens with zero attached hydrogens (tertiary/aromatic N) is 2. The highest BCUT2D eigenvalue weighted by Crippen LogP contribution is 2.11. The normalized spacial score (nSPS) is 10.3. The van der Waals surface area contributed by atoms with E-state index in [1.54, 1.807) is 6.07 Å². The summed E-state index contributed by atoms with van der Waals surface area (Å²) in [6.45, 7) is 3.04. The fraction of sp³-hybridized carbons (Fsp3) is 0.286. The zero-order chi connectivity index (χ0) is 12.8. The van der Waals surface area contributed by atoms with E-state index < -0.39 is 0 Å². The second kappa shape index (κ2) is 6.12. The molecule has 1 aromatic carbocycles. The molecule has 2 aromatic rings. The molecule has 0 aliphatic heterocycles. The monoisotopic (exact) mass is 243 g/mol. The van der Waals surface area contributed by atoms with Crippen LogP contribution >= 0.6 is 0 Å². The number of aromatic nitrogens is 2. The SMILES string of the molecule is CCc1cccc(COc2cc(CN)ncn2)c1. The highest BCUT2D eigenvalue weighted by molar-refractivity contribution is 5.23. The molecule has 94 valence electrons. The summed E-state index contributed by atoms with van der Waals surface area (Å²) in [5, 5.41) is 0. The molecular weight excluding hydrogens is 226 g/mol. The quantitative estimate of drug-likeness (QED) is 0.873. The largest absolute Gasteiger partial charge is 0.473 e. The Kier molecular flexibility index (Phi) is 4.25. The van der Waals surface area contributed by atoms with E-state index >= 15 is 0 Å². The maximum absolute atomic E-state index is 5.63. The lowest BCUT2D eigenvalue weighted by molar-refractivity contribution is 0.292. The van der Waals surface area contributed by atoms with Crippen LogP contribution in [0.4, 0.5) is 0 Å². The molecule has 0 aliphatic carbocycles. The first-order valence-corrected chi connectivity index (χ1v) is 6.03. The van der Waals surface area contributed by atoms with Gasteiger partial charge in [-0.2, -0.15) is 0 Å². The summed E-state index contributed by atoms with van der Waals surface area (Å²) >= 11 is 0. The summed E-state index contributed by atoms with van der Waals surface area (Å²) in [5.41, 5.74) is 8.75. The van der Waals surface area contributed by atoms with Crippen LogP contribution in [-0.4, -0.2) is 9.97 Å². The van der Waals surface area contributed by atoms with Crippen molar-refractivity contribution in [2.45, 2.75) is 26.5 Å². The van der Waals surface area contributed by atoms with Crippen LogP contribution in [0, 0.1) is 0 Å². The van der Waals surface area contributed by atoms with Crippen LogP contribution in [0.5, 0.6) is 5.88 Å². The summed E-state index contributed by atoms with van der Waals surface area (Å²) in [7, 11) is 0. The van der Waals surface area contributed by atoms with Crippen LogP contribution in [0.1, 0.15) is 23.7 Å². The van der Waals surface area contributed by atoms with Crippen molar-refractivity contribution in [2.24, 2.45) is 5.73 Å². The first kappa shape index (κ1) is 12.5. The van der Waals surface area contributed by atoms with Gasteiger partial charge in [-0.15, -0.1) is 0 Å². The number of hydrogen-bond donors (Lipinski definition) is 1. The van der Waals surface area contributed by atoms with E-state index in [1.807, 2.05) is 12.1 Å². The van der Waals surface area contributed by atoms with Crippen molar-refractivity contribution < 1.29 is 4.74 Å². The average molecular weight is 243 g/mol. The molecule has 0 fully saturated rings. The van der Waals surface area contributed by atoms with Crippen LogP contribution in [0.15, 0.2) is 36.7 Å². The second-order valence-electron chi connectivity index (χ2n) is 4.01. The Morgan fingerprint density at radius 2 is 2.00 bits per heavy atom. The minimum Gasteiger partial charge on any atom is -0.473 e. The molecule has 4 heteroatoms. The first-order chi connectivity index (χ1) is 8.81. The number of hydrogen-bond acceptors (Lipinski definition) is 4. The van der Waals surface area contributed by atoms with Gasteiger partial charge in [0, 0.05) is 12.6 Å². The summed E-state index contributed by atoms with van der Waals surface area (Å²) in [6, 6.07) is 10.1. The average Bonchev–Trinajstić information content (AvgIpc) is 2.45. The van der Waals surface area contributed by atoms with E-state index in [4.69, 9.17) is 10.5 Å². The van der Waals surface area contributed by atoms with E-state index in [2.05, 4.69) is 29.0 Å². The van der Waals surface area contributed by atoms with Gasteiger partial charge in [-0.1, -0.05) is 31.2 Å². The number of ether oxygens (including phenoxy) is 1. The lowest BCUT2D eigenvalue weighted by Gasteiger charge is -2.07. The van der Waals surface area contributed by atoms with Gasteiger partial charge < -0.3 is 10.5 Å². The van der Waals surface area contributed by atoms with Gasteiger partial charge in [0.15, 0.2) is 0 Å². The summed E-state index contributed by atoms with van der Waals surface area (Å²) in [5.74, 6) is 0.562. The van der Waals surface area contributed by atoms with E-state index in [0.717, 1.165) is 17.7 Å². The van der Waals surface area contributed by atoms with Crippen LogP contribution < -0.4 is 10.5 Å². The predicted molar refractivity (Wildman–Crippen MR) is 70.1 cm³/mol. The molecule has 0 saturated heterocycles. The van der Waals surface area contributed by atoms with Crippen LogP contribution in [-0.2, 0) is 19.6 Å². The Labute approximate surface area is 107 Å². The van der Waals surface area contributed by atoms with Crippen molar-refractivity contribution in [3.8, 4) is 5.88 Å². The van der Waals surface area contributed by atoms with Gasteiger partial charge in [-0.3, -0.25) is 0 Å². The molecule has 0 spiro atoms. The fourth-order valence-corrected chi connectivity index (χ4v) is 1.66. The molecule has 4 nitrogen and oxygen atoms in total. The molecule has 0 amide bonds. The Hall–Kier alpha value is -1.94. The molecule has 2 N–H and O–H groups in total. The molecule has 0 saturated carbocycles. The molecule has 1 heterocycles. The van der Waals surface area contributed by atoms with Crippen LogP contribution in [0.25, 0.3) is 0 Å². The van der Waals surface area contributed by atoms with Gasteiger partial charge in [0.1, 0.15) is 12.9 Å². The third-order valence-corrected chi connectivity index (χ3v) is 2.69. The minimum absolute atomic E-state index is 0.393. The van der Waals surface area contributed by atoms with Gasteiger partial charge in [0.05, 0.1) is 5.69 Å². The molecule has 18 heavy (non-hydrogen) atoms. The minimum atomic E-state index is 0.393. The van der Waals surface area contributed by atoms with E-state index in [1.165, 1.54) is 11.9 Å². The van der Waals surface area contributed by atoms with E-state index in [-0.39, 0.29) is 0 Å². The molecule has 0 radical (unpaired) electrons. The number of benzene rings is 1. The van der Waals surface area contributed by atoms with Gasteiger partial charge in [0.25, 0.3) is 0 Å². The first-order valence-electron chi connectivity index (χ1n) is 6.03. The van der Waals surface area contributed by atoms with Crippen molar-refractivity contribution in [2.75, 3.05) is 0 Å². The van der Waals surface area contributed by atoms with Gasteiger partial charge in [-0.05, 0) is 17.5 Å². The lowest BCUT2D eigenvalue weighted by Crippen LogP contribution is -2.03. The standard InChI is InChI=1S/C14H17N3O/c1-2-11-4-3-5-12(6-11)9-18-14-7-13(8-15)16-10-17-14/h3-7,10H,2,8-9,15H2,1H3. The number of rotatable bonds is 5. The molecular formula is C14H17N3O. The van der Waals surface area contributed by atoms with Crippen LogP contribution in [0.2, 0.25) is 0 Å². The number of aryl methyl sites for hydroxylation is 1. The van der Waals surface area contributed by atoms with Crippen molar-refractivity contribution in [3.05, 3.63) is 53.5 Å². The molecule has 1 aromatic heterocycles. The van der Waals surface area contributed by atoms with Gasteiger partial charge in [0.2, 0.25) is 5.88 Å². The zero-order valence-corrected chi connectivity index (χ0v) is 10.5.